The molecule has 24 heavy (non-hydrogen) atoms. The molecule has 0 atom stereocenters. The van der Waals surface area contributed by atoms with E-state index >= 15 is 0 Å². The van der Waals surface area contributed by atoms with Gasteiger partial charge in [-0.05, 0) is 35.9 Å². The zero-order valence-electron chi connectivity index (χ0n) is 12.4. The van der Waals surface area contributed by atoms with Crippen LogP contribution in [0.1, 0.15) is 5.56 Å². The molecule has 0 unspecified atom stereocenters. The van der Waals surface area contributed by atoms with Crippen molar-refractivity contribution in [2.24, 2.45) is 7.05 Å². The molecule has 0 aliphatic heterocycles. The summed E-state index contributed by atoms with van der Waals surface area (Å²) in [5, 5.41) is 0.739. The molecule has 3 rings (SSSR count). The third-order valence-corrected chi connectivity index (χ3v) is 6.25. The first-order valence-electron chi connectivity index (χ1n) is 6.79. The Morgan fingerprint density at radius 1 is 1.17 bits per heavy atom. The van der Waals surface area contributed by atoms with Gasteiger partial charge in [-0.3, -0.25) is 9.52 Å². The van der Waals surface area contributed by atoms with Crippen LogP contribution in [-0.4, -0.2) is 13.0 Å². The van der Waals surface area contributed by atoms with Crippen LogP contribution >= 0.6 is 34.5 Å². The third kappa shape index (κ3) is 3.59. The molecule has 0 saturated carbocycles. The number of nitrogens with one attached hydrogen (secondary N) is 1. The number of fused-ring (bicyclic) bond motifs is 1. The maximum absolute atomic E-state index is 12.3. The van der Waals surface area contributed by atoms with E-state index in [0.29, 0.717) is 26.0 Å². The summed E-state index contributed by atoms with van der Waals surface area (Å²) in [5.41, 5.74) is 1.61. The molecule has 0 amide bonds. The first-order valence-corrected chi connectivity index (χ1v) is 10.0. The zero-order valence-corrected chi connectivity index (χ0v) is 15.6. The van der Waals surface area contributed by atoms with Crippen molar-refractivity contribution >= 4 is 60.5 Å². The van der Waals surface area contributed by atoms with Crippen LogP contribution < -0.4 is 9.60 Å². The number of aromatic nitrogens is 1. The van der Waals surface area contributed by atoms with E-state index in [0.717, 1.165) is 16.9 Å². The number of nitrogens with zero attached hydrogens (tertiary/aromatic N) is 1. The summed E-state index contributed by atoms with van der Waals surface area (Å²) in [6.07, 6.45) is 0. The fourth-order valence-electron chi connectivity index (χ4n) is 2.26. The average Bonchev–Trinajstić information content (AvgIpc) is 2.76. The van der Waals surface area contributed by atoms with Gasteiger partial charge in [0.05, 0.1) is 21.7 Å². The highest BCUT2D eigenvalue weighted by Crippen LogP contribution is 2.25. The lowest BCUT2D eigenvalue weighted by Crippen LogP contribution is -2.15. The molecule has 0 aliphatic carbocycles. The van der Waals surface area contributed by atoms with E-state index in [-0.39, 0.29) is 10.6 Å². The maximum atomic E-state index is 12.3. The molecule has 5 nitrogen and oxygen atoms in total. The molecule has 1 heterocycles. The number of halogens is 2. The Kier molecular flexibility index (Phi) is 4.61. The van der Waals surface area contributed by atoms with Gasteiger partial charge >= 0.3 is 4.87 Å². The summed E-state index contributed by atoms with van der Waals surface area (Å²) in [5.74, 6) is -0.272. The van der Waals surface area contributed by atoms with Crippen LogP contribution in [0.4, 0.5) is 5.69 Å². The molecule has 0 bridgehead atoms. The lowest BCUT2D eigenvalue weighted by Gasteiger charge is -2.09. The van der Waals surface area contributed by atoms with Crippen molar-refractivity contribution in [3.05, 3.63) is 61.7 Å². The molecule has 0 fully saturated rings. The summed E-state index contributed by atoms with van der Waals surface area (Å²) < 4.78 is 29.4. The van der Waals surface area contributed by atoms with E-state index in [1.165, 1.54) is 10.6 Å². The number of anilines is 1. The Hall–Kier alpha value is -1.54. The summed E-state index contributed by atoms with van der Waals surface area (Å²) in [6.45, 7) is 0. The number of hydrogen-bond donors (Lipinski definition) is 1. The molecule has 0 aliphatic rings. The molecule has 1 N–H and O–H groups in total. The number of thiazole rings is 1. The van der Waals surface area contributed by atoms with E-state index in [1.54, 1.807) is 37.4 Å². The lowest BCUT2D eigenvalue weighted by molar-refractivity contribution is 0.600. The highest BCUT2D eigenvalue weighted by molar-refractivity contribution is 7.91. The smallest absolute Gasteiger partial charge is 0.302 e. The van der Waals surface area contributed by atoms with E-state index in [1.807, 2.05) is 0 Å². The molecule has 0 saturated heterocycles. The molecule has 0 radical (unpaired) electrons. The fourth-order valence-corrected chi connectivity index (χ4v) is 4.95. The first kappa shape index (κ1) is 17.3. The van der Waals surface area contributed by atoms with Gasteiger partial charge in [0.25, 0.3) is 0 Å². The van der Waals surface area contributed by atoms with Crippen LogP contribution in [0.2, 0.25) is 10.0 Å². The monoisotopic (exact) mass is 402 g/mol. The predicted octanol–water partition coefficient (Wildman–Crippen LogP) is 3.85. The first-order chi connectivity index (χ1) is 11.2. The Bertz CT molecular complexity index is 1090. The number of sulfonamides is 1. The van der Waals surface area contributed by atoms with E-state index in [4.69, 9.17) is 23.2 Å². The molecule has 0 spiro atoms. The van der Waals surface area contributed by atoms with Gasteiger partial charge in [-0.1, -0.05) is 40.6 Å². The minimum absolute atomic E-state index is 0.0991. The largest absolute Gasteiger partial charge is 0.307 e. The van der Waals surface area contributed by atoms with Crippen LogP contribution in [0.15, 0.2) is 41.2 Å². The topological polar surface area (TPSA) is 68.2 Å². The van der Waals surface area contributed by atoms with Gasteiger partial charge in [-0.2, -0.15) is 0 Å². The van der Waals surface area contributed by atoms with Gasteiger partial charge in [0.1, 0.15) is 0 Å². The zero-order chi connectivity index (χ0) is 17.5. The Morgan fingerprint density at radius 3 is 2.62 bits per heavy atom. The molecule has 3 aromatic rings. The van der Waals surface area contributed by atoms with Gasteiger partial charge in [-0.15, -0.1) is 0 Å². The number of hydrogen-bond acceptors (Lipinski definition) is 4. The second kappa shape index (κ2) is 6.40. The number of aryl methyl sites for hydroxylation is 1. The second-order valence-corrected chi connectivity index (χ2v) is 8.77. The van der Waals surface area contributed by atoms with Crippen LogP contribution in [-0.2, 0) is 22.8 Å². The fraction of sp³-hybridized carbons (Fsp3) is 0.133. The van der Waals surface area contributed by atoms with E-state index < -0.39 is 10.0 Å². The van der Waals surface area contributed by atoms with Crippen molar-refractivity contribution in [2.75, 3.05) is 4.72 Å². The predicted molar refractivity (Wildman–Crippen MR) is 99.8 cm³/mol. The Balaban J connectivity index is 1.87. The number of benzene rings is 2. The highest BCUT2D eigenvalue weighted by atomic mass is 35.5. The van der Waals surface area contributed by atoms with Crippen LogP contribution in [0, 0.1) is 0 Å². The quantitative estimate of drug-likeness (QED) is 0.720. The van der Waals surface area contributed by atoms with Crippen molar-refractivity contribution < 1.29 is 8.42 Å². The number of rotatable bonds is 4. The minimum atomic E-state index is -3.65. The molecule has 1 aromatic heterocycles. The van der Waals surface area contributed by atoms with Crippen molar-refractivity contribution in [1.82, 2.24) is 4.57 Å². The Morgan fingerprint density at radius 2 is 1.92 bits per heavy atom. The third-order valence-electron chi connectivity index (χ3n) is 3.43. The summed E-state index contributed by atoms with van der Waals surface area (Å²) >= 11 is 12.9. The van der Waals surface area contributed by atoms with E-state index in [9.17, 15) is 13.2 Å². The van der Waals surface area contributed by atoms with E-state index in [2.05, 4.69) is 4.72 Å². The van der Waals surface area contributed by atoms with Crippen LogP contribution in [0.3, 0.4) is 0 Å². The normalized spacial score (nSPS) is 11.8. The summed E-state index contributed by atoms with van der Waals surface area (Å²) in [6, 6.07) is 9.64. The molecule has 126 valence electrons. The minimum Gasteiger partial charge on any atom is -0.302 e. The van der Waals surface area contributed by atoms with Gasteiger partial charge in [0.2, 0.25) is 10.0 Å². The molecular weight excluding hydrogens is 391 g/mol. The summed E-state index contributed by atoms with van der Waals surface area (Å²) in [4.78, 5) is 11.6. The standard InChI is InChI=1S/C15H12Cl2N2O3S2/c1-19-13-5-4-11(7-14(13)23-15(19)20)18-24(21,22)8-9-2-3-10(16)6-12(9)17/h2-7,18H,8H2,1H3. The molecule has 9 heteroatoms. The van der Waals surface area contributed by atoms with Gasteiger partial charge in [-0.25, -0.2) is 8.42 Å². The van der Waals surface area contributed by atoms with Crippen molar-refractivity contribution in [3.63, 3.8) is 0 Å². The summed E-state index contributed by atoms with van der Waals surface area (Å²) in [7, 11) is -1.98. The van der Waals surface area contributed by atoms with Gasteiger partial charge in [0.15, 0.2) is 0 Å². The van der Waals surface area contributed by atoms with Crippen LogP contribution in [0.25, 0.3) is 10.2 Å². The van der Waals surface area contributed by atoms with Crippen molar-refractivity contribution in [2.45, 2.75) is 5.75 Å². The van der Waals surface area contributed by atoms with Crippen LogP contribution in [0.5, 0.6) is 0 Å². The SMILES string of the molecule is Cn1c(=O)sc2cc(NS(=O)(=O)Cc3ccc(Cl)cc3Cl)ccc21. The second-order valence-electron chi connectivity index (χ2n) is 5.21. The molecule has 2 aromatic carbocycles. The van der Waals surface area contributed by atoms with Crippen molar-refractivity contribution in [3.8, 4) is 0 Å². The highest BCUT2D eigenvalue weighted by Gasteiger charge is 2.15. The van der Waals surface area contributed by atoms with Gasteiger partial charge in [0, 0.05) is 17.1 Å². The average molecular weight is 403 g/mol. The molecular formula is C15H12Cl2N2O3S2. The van der Waals surface area contributed by atoms with Crippen molar-refractivity contribution in [1.29, 1.82) is 0 Å². The lowest BCUT2D eigenvalue weighted by atomic mass is 10.2. The maximum Gasteiger partial charge on any atom is 0.307 e. The van der Waals surface area contributed by atoms with Gasteiger partial charge < -0.3 is 4.57 Å². The Labute approximate surface area is 152 Å².